The van der Waals surface area contributed by atoms with Crippen molar-refractivity contribution in [3.05, 3.63) is 11.6 Å². The van der Waals surface area contributed by atoms with E-state index in [9.17, 15) is 4.79 Å². The zero-order valence-corrected chi connectivity index (χ0v) is 6.39. The van der Waals surface area contributed by atoms with Gasteiger partial charge in [-0.15, -0.1) is 0 Å². The fourth-order valence-corrected chi connectivity index (χ4v) is 1.06. The van der Waals surface area contributed by atoms with Crippen LogP contribution in [0.4, 0.5) is 0 Å². The Morgan fingerprint density at radius 3 is 3.00 bits per heavy atom. The second-order valence-electron chi connectivity index (χ2n) is 2.51. The van der Waals surface area contributed by atoms with E-state index >= 15 is 0 Å². The normalized spacial score (nSPS) is 21.8. The third-order valence-corrected chi connectivity index (χ3v) is 1.69. The van der Waals surface area contributed by atoms with E-state index < -0.39 is 0 Å². The first-order chi connectivity index (χ1) is 4.79. The SMILES string of the molecule is CCCC1C=C1C(=O)OC. The molecule has 0 aromatic carbocycles. The minimum atomic E-state index is -0.154. The van der Waals surface area contributed by atoms with Crippen LogP contribution in [0.25, 0.3) is 0 Å². The molecule has 10 heavy (non-hydrogen) atoms. The smallest absolute Gasteiger partial charge is 0.334 e. The molecule has 0 bridgehead atoms. The number of ether oxygens (including phenoxy) is 1. The molecule has 0 fully saturated rings. The van der Waals surface area contributed by atoms with Crippen LogP contribution in [0.1, 0.15) is 19.8 Å². The third-order valence-electron chi connectivity index (χ3n) is 1.69. The average molecular weight is 140 g/mol. The van der Waals surface area contributed by atoms with Gasteiger partial charge < -0.3 is 4.74 Å². The molecular formula is C8H12O2. The van der Waals surface area contributed by atoms with Gasteiger partial charge in [-0.25, -0.2) is 4.79 Å². The summed E-state index contributed by atoms with van der Waals surface area (Å²) in [6.45, 7) is 2.11. The molecule has 1 atom stereocenters. The van der Waals surface area contributed by atoms with Crippen molar-refractivity contribution in [1.82, 2.24) is 0 Å². The Bertz CT molecular complexity index is 170. The van der Waals surface area contributed by atoms with Crippen LogP contribution in [-0.2, 0) is 9.53 Å². The number of carbonyl (C=O) groups is 1. The Labute approximate surface area is 60.9 Å². The molecule has 0 saturated heterocycles. The van der Waals surface area contributed by atoms with Crippen molar-refractivity contribution in [2.24, 2.45) is 5.92 Å². The van der Waals surface area contributed by atoms with Crippen molar-refractivity contribution in [2.45, 2.75) is 19.8 Å². The fraction of sp³-hybridized carbons (Fsp3) is 0.625. The summed E-state index contributed by atoms with van der Waals surface area (Å²) in [4.78, 5) is 10.8. The van der Waals surface area contributed by atoms with Gasteiger partial charge in [0.2, 0.25) is 0 Å². The summed E-state index contributed by atoms with van der Waals surface area (Å²) >= 11 is 0. The van der Waals surface area contributed by atoms with Crippen LogP contribution in [0.2, 0.25) is 0 Å². The van der Waals surface area contributed by atoms with Gasteiger partial charge in [0.25, 0.3) is 0 Å². The molecule has 0 aromatic rings. The molecule has 2 nitrogen and oxygen atoms in total. The molecule has 1 aliphatic rings. The van der Waals surface area contributed by atoms with Gasteiger partial charge in [0.15, 0.2) is 0 Å². The van der Waals surface area contributed by atoms with E-state index in [1.54, 1.807) is 0 Å². The first-order valence-electron chi connectivity index (χ1n) is 3.59. The number of methoxy groups -OCH3 is 1. The standard InChI is InChI=1S/C8H12O2/c1-3-4-6-5-7(6)8(9)10-2/h5-6H,3-4H2,1-2H3. The van der Waals surface area contributed by atoms with Gasteiger partial charge in [-0.3, -0.25) is 0 Å². The molecule has 0 radical (unpaired) electrons. The highest BCUT2D eigenvalue weighted by atomic mass is 16.5. The number of hydrogen-bond donors (Lipinski definition) is 0. The molecule has 56 valence electrons. The predicted molar refractivity (Wildman–Crippen MR) is 38.5 cm³/mol. The van der Waals surface area contributed by atoms with E-state index in [0.29, 0.717) is 5.92 Å². The summed E-state index contributed by atoms with van der Waals surface area (Å²) in [7, 11) is 1.42. The maximum Gasteiger partial charge on any atom is 0.334 e. The van der Waals surface area contributed by atoms with Gasteiger partial charge in [-0.1, -0.05) is 19.4 Å². The molecule has 0 N–H and O–H groups in total. The van der Waals surface area contributed by atoms with E-state index in [1.165, 1.54) is 7.11 Å². The monoisotopic (exact) mass is 140 g/mol. The van der Waals surface area contributed by atoms with Crippen LogP contribution in [0.5, 0.6) is 0 Å². The van der Waals surface area contributed by atoms with Crippen LogP contribution in [0.3, 0.4) is 0 Å². The number of esters is 1. The molecular weight excluding hydrogens is 128 g/mol. The van der Waals surface area contributed by atoms with Gasteiger partial charge in [0.05, 0.1) is 7.11 Å². The highest BCUT2D eigenvalue weighted by molar-refractivity contribution is 5.93. The highest BCUT2D eigenvalue weighted by Gasteiger charge is 2.30. The van der Waals surface area contributed by atoms with Gasteiger partial charge in [0.1, 0.15) is 0 Å². The third kappa shape index (κ3) is 1.38. The summed E-state index contributed by atoms with van der Waals surface area (Å²) in [6.07, 6.45) is 4.18. The lowest BCUT2D eigenvalue weighted by Crippen LogP contribution is -1.99. The van der Waals surface area contributed by atoms with E-state index in [1.807, 2.05) is 6.08 Å². The number of carbonyl (C=O) groups excluding carboxylic acids is 1. The molecule has 0 heterocycles. The Morgan fingerprint density at radius 1 is 1.80 bits per heavy atom. The summed E-state index contributed by atoms with van der Waals surface area (Å²) in [5, 5.41) is 0. The van der Waals surface area contributed by atoms with Crippen LogP contribution in [0, 0.1) is 5.92 Å². The topological polar surface area (TPSA) is 26.3 Å². The minimum Gasteiger partial charge on any atom is -0.466 e. The summed E-state index contributed by atoms with van der Waals surface area (Å²) in [6, 6.07) is 0. The lowest BCUT2D eigenvalue weighted by Gasteiger charge is -1.94. The van der Waals surface area contributed by atoms with E-state index in [2.05, 4.69) is 11.7 Å². The Balaban J connectivity index is 2.24. The quantitative estimate of drug-likeness (QED) is 0.555. The van der Waals surface area contributed by atoms with Gasteiger partial charge in [-0.05, 0) is 6.42 Å². The van der Waals surface area contributed by atoms with Crippen molar-refractivity contribution in [2.75, 3.05) is 7.11 Å². The second-order valence-corrected chi connectivity index (χ2v) is 2.51. The van der Waals surface area contributed by atoms with Crippen molar-refractivity contribution in [3.8, 4) is 0 Å². The van der Waals surface area contributed by atoms with Crippen molar-refractivity contribution in [3.63, 3.8) is 0 Å². The minimum absolute atomic E-state index is 0.154. The maximum absolute atomic E-state index is 10.8. The van der Waals surface area contributed by atoms with E-state index in [0.717, 1.165) is 18.4 Å². The predicted octanol–water partition coefficient (Wildman–Crippen LogP) is 1.52. The number of rotatable bonds is 3. The summed E-state index contributed by atoms with van der Waals surface area (Å²) in [5.74, 6) is 0.274. The van der Waals surface area contributed by atoms with E-state index in [-0.39, 0.29) is 5.97 Å². The van der Waals surface area contributed by atoms with Crippen LogP contribution in [-0.4, -0.2) is 13.1 Å². The lowest BCUT2D eigenvalue weighted by atomic mass is 10.2. The molecule has 1 aliphatic carbocycles. The summed E-state index contributed by atoms with van der Waals surface area (Å²) in [5.41, 5.74) is 0.865. The van der Waals surface area contributed by atoms with Crippen LogP contribution < -0.4 is 0 Å². The van der Waals surface area contributed by atoms with Gasteiger partial charge >= 0.3 is 5.97 Å². The highest BCUT2D eigenvalue weighted by Crippen LogP contribution is 2.33. The molecule has 0 saturated carbocycles. The van der Waals surface area contributed by atoms with Crippen molar-refractivity contribution < 1.29 is 9.53 Å². The van der Waals surface area contributed by atoms with E-state index in [4.69, 9.17) is 0 Å². The molecule has 0 spiro atoms. The number of allylic oxidation sites excluding steroid dienone is 1. The molecule has 0 aliphatic heterocycles. The lowest BCUT2D eigenvalue weighted by molar-refractivity contribution is -0.135. The molecule has 2 heteroatoms. The largest absolute Gasteiger partial charge is 0.466 e. The molecule has 1 unspecified atom stereocenters. The first-order valence-corrected chi connectivity index (χ1v) is 3.59. The zero-order valence-electron chi connectivity index (χ0n) is 6.39. The zero-order chi connectivity index (χ0) is 7.56. The van der Waals surface area contributed by atoms with Crippen molar-refractivity contribution in [1.29, 1.82) is 0 Å². The Kier molecular flexibility index (Phi) is 2.10. The fourth-order valence-electron chi connectivity index (χ4n) is 1.06. The Hall–Kier alpha value is -0.790. The second kappa shape index (κ2) is 2.86. The molecule has 1 rings (SSSR count). The van der Waals surface area contributed by atoms with Crippen LogP contribution >= 0.6 is 0 Å². The molecule has 0 amide bonds. The average Bonchev–Trinajstić information content (AvgIpc) is 2.67. The number of hydrogen-bond acceptors (Lipinski definition) is 2. The Morgan fingerprint density at radius 2 is 2.50 bits per heavy atom. The molecule has 0 aromatic heterocycles. The maximum atomic E-state index is 10.8. The summed E-state index contributed by atoms with van der Waals surface area (Å²) < 4.78 is 4.54. The first kappa shape index (κ1) is 7.32. The van der Waals surface area contributed by atoms with Gasteiger partial charge in [-0.2, -0.15) is 0 Å². The van der Waals surface area contributed by atoms with Gasteiger partial charge in [0, 0.05) is 11.5 Å². The van der Waals surface area contributed by atoms with Crippen molar-refractivity contribution >= 4 is 5.97 Å². The van der Waals surface area contributed by atoms with Crippen LogP contribution in [0.15, 0.2) is 11.6 Å².